The molecule has 1 aliphatic carbocycles. The van der Waals surface area contributed by atoms with Crippen LogP contribution < -0.4 is 5.32 Å². The zero-order valence-electron chi connectivity index (χ0n) is 12.2. The van der Waals surface area contributed by atoms with Crippen LogP contribution in [0.15, 0.2) is 30.6 Å². The minimum Gasteiger partial charge on any atom is -0.393 e. The van der Waals surface area contributed by atoms with Crippen molar-refractivity contribution in [2.24, 2.45) is 5.92 Å². The number of hydrogen-bond donors (Lipinski definition) is 2. The van der Waals surface area contributed by atoms with E-state index in [-0.39, 0.29) is 23.9 Å². The maximum absolute atomic E-state index is 14.1. The van der Waals surface area contributed by atoms with E-state index in [1.165, 1.54) is 16.9 Å². The van der Waals surface area contributed by atoms with Gasteiger partial charge in [-0.3, -0.25) is 4.79 Å². The highest BCUT2D eigenvalue weighted by Gasteiger charge is 2.36. The van der Waals surface area contributed by atoms with E-state index in [9.17, 15) is 18.7 Å². The van der Waals surface area contributed by atoms with E-state index in [2.05, 4.69) is 15.6 Å². The highest BCUT2D eigenvalue weighted by molar-refractivity contribution is 5.76. The molecule has 1 aliphatic rings. The largest absolute Gasteiger partial charge is 0.393 e. The molecule has 0 aliphatic heterocycles. The summed E-state index contributed by atoms with van der Waals surface area (Å²) in [5.74, 6) is -1.83. The monoisotopic (exact) mass is 322 g/mol. The molecule has 1 aromatic heterocycles. The predicted octanol–water partition coefficient (Wildman–Crippen LogP) is 1.18. The Kier molecular flexibility index (Phi) is 4.33. The van der Waals surface area contributed by atoms with Gasteiger partial charge in [-0.1, -0.05) is 11.3 Å². The third-order valence-corrected chi connectivity index (χ3v) is 4.01. The van der Waals surface area contributed by atoms with Gasteiger partial charge >= 0.3 is 0 Å². The summed E-state index contributed by atoms with van der Waals surface area (Å²) in [5, 5.41) is 19.5. The Hall–Kier alpha value is -2.35. The second kappa shape index (κ2) is 6.41. The van der Waals surface area contributed by atoms with Crippen molar-refractivity contribution in [2.45, 2.75) is 31.5 Å². The molecule has 1 saturated carbocycles. The number of halogens is 2. The lowest BCUT2D eigenvalue weighted by molar-refractivity contribution is -0.123. The first-order chi connectivity index (χ1) is 11.0. The molecule has 1 heterocycles. The molecule has 0 radical (unpaired) electrons. The Morgan fingerprint density at radius 2 is 2.22 bits per heavy atom. The summed E-state index contributed by atoms with van der Waals surface area (Å²) in [6, 6.07) is 2.66. The summed E-state index contributed by atoms with van der Waals surface area (Å²) >= 11 is 0. The van der Waals surface area contributed by atoms with Gasteiger partial charge in [0.05, 0.1) is 18.3 Å². The molecule has 3 rings (SSSR count). The molecule has 2 N–H and O–H groups in total. The Labute approximate surface area is 131 Å². The molecule has 1 atom stereocenters. The Bertz CT molecular complexity index is 687. The van der Waals surface area contributed by atoms with Gasteiger partial charge in [0.2, 0.25) is 5.91 Å². The van der Waals surface area contributed by atoms with Gasteiger partial charge < -0.3 is 10.4 Å². The van der Waals surface area contributed by atoms with Crippen LogP contribution in [-0.4, -0.2) is 32.1 Å². The first-order valence-electron chi connectivity index (χ1n) is 7.29. The average Bonchev–Trinajstić information content (AvgIpc) is 2.95. The zero-order valence-corrected chi connectivity index (χ0v) is 12.2. The number of aromatic nitrogens is 3. The summed E-state index contributed by atoms with van der Waals surface area (Å²) in [5.41, 5.74) is 0.218. The topological polar surface area (TPSA) is 80.0 Å². The lowest BCUT2D eigenvalue weighted by Crippen LogP contribution is -2.42. The van der Waals surface area contributed by atoms with Crippen molar-refractivity contribution in [3.8, 4) is 0 Å². The molecule has 0 saturated heterocycles. The van der Waals surface area contributed by atoms with Crippen molar-refractivity contribution in [1.82, 2.24) is 20.3 Å². The standard InChI is InChI=1S/C15H16F2N4O2/c16-10-1-2-12(13(17)7-10)15(9-5-11(22)6-9)19-14(23)8-21-4-3-18-20-21/h1-4,7,9,11,15,22H,5-6,8H2,(H,19,23)/t9?,11?,15-/m0/s1. The van der Waals surface area contributed by atoms with Crippen LogP contribution in [0.5, 0.6) is 0 Å². The Morgan fingerprint density at radius 1 is 1.43 bits per heavy atom. The van der Waals surface area contributed by atoms with Crippen molar-refractivity contribution in [3.63, 3.8) is 0 Å². The second-order valence-corrected chi connectivity index (χ2v) is 5.70. The van der Waals surface area contributed by atoms with Gasteiger partial charge in [0.25, 0.3) is 0 Å². The van der Waals surface area contributed by atoms with Crippen molar-refractivity contribution >= 4 is 5.91 Å². The number of nitrogens with zero attached hydrogens (tertiary/aromatic N) is 3. The summed E-state index contributed by atoms with van der Waals surface area (Å²) < 4.78 is 28.5. The van der Waals surface area contributed by atoms with Crippen LogP contribution in [0.1, 0.15) is 24.4 Å². The van der Waals surface area contributed by atoms with Crippen LogP contribution in [0.3, 0.4) is 0 Å². The third kappa shape index (κ3) is 3.53. The quantitative estimate of drug-likeness (QED) is 0.866. The molecular formula is C15H16F2N4O2. The number of benzene rings is 1. The van der Waals surface area contributed by atoms with Crippen LogP contribution in [0.25, 0.3) is 0 Å². The number of aliphatic hydroxyl groups is 1. The van der Waals surface area contributed by atoms with Gasteiger partial charge in [0.1, 0.15) is 18.2 Å². The second-order valence-electron chi connectivity index (χ2n) is 5.70. The highest BCUT2D eigenvalue weighted by Crippen LogP contribution is 2.38. The summed E-state index contributed by atoms with van der Waals surface area (Å²) in [7, 11) is 0. The van der Waals surface area contributed by atoms with Gasteiger partial charge in [0.15, 0.2) is 0 Å². The van der Waals surface area contributed by atoms with Gasteiger partial charge in [-0.05, 0) is 24.8 Å². The molecule has 122 valence electrons. The molecule has 0 unspecified atom stereocenters. The van der Waals surface area contributed by atoms with E-state index < -0.39 is 23.8 Å². The van der Waals surface area contributed by atoms with E-state index in [4.69, 9.17) is 0 Å². The van der Waals surface area contributed by atoms with Crippen LogP contribution in [0.4, 0.5) is 8.78 Å². The molecule has 1 aromatic carbocycles. The highest BCUT2D eigenvalue weighted by atomic mass is 19.1. The molecule has 6 nitrogen and oxygen atoms in total. The van der Waals surface area contributed by atoms with Gasteiger partial charge in [-0.25, -0.2) is 13.5 Å². The number of aliphatic hydroxyl groups excluding tert-OH is 1. The lowest BCUT2D eigenvalue weighted by atomic mass is 9.75. The van der Waals surface area contributed by atoms with E-state index >= 15 is 0 Å². The Morgan fingerprint density at radius 3 is 2.83 bits per heavy atom. The van der Waals surface area contributed by atoms with Crippen molar-refractivity contribution in [2.75, 3.05) is 0 Å². The van der Waals surface area contributed by atoms with Gasteiger partial charge in [0, 0.05) is 17.8 Å². The average molecular weight is 322 g/mol. The zero-order chi connectivity index (χ0) is 16.4. The number of carbonyl (C=O) groups excluding carboxylic acids is 1. The fraction of sp³-hybridized carbons (Fsp3) is 0.400. The van der Waals surface area contributed by atoms with Gasteiger partial charge in [-0.15, -0.1) is 5.10 Å². The first-order valence-corrected chi connectivity index (χ1v) is 7.29. The van der Waals surface area contributed by atoms with Crippen LogP contribution in [0, 0.1) is 17.6 Å². The summed E-state index contributed by atoms with van der Waals surface area (Å²) in [6.07, 6.45) is 3.47. The minimum atomic E-state index is -0.711. The Balaban J connectivity index is 1.77. The maximum Gasteiger partial charge on any atom is 0.242 e. The minimum absolute atomic E-state index is 0.0470. The normalized spacial score (nSPS) is 21.5. The maximum atomic E-state index is 14.1. The number of rotatable bonds is 5. The van der Waals surface area contributed by atoms with E-state index in [1.54, 1.807) is 6.20 Å². The lowest BCUT2D eigenvalue weighted by Gasteiger charge is -2.38. The van der Waals surface area contributed by atoms with Crippen LogP contribution in [-0.2, 0) is 11.3 Å². The predicted molar refractivity (Wildman–Crippen MR) is 76.0 cm³/mol. The molecule has 0 spiro atoms. The van der Waals surface area contributed by atoms with E-state index in [0.29, 0.717) is 12.8 Å². The van der Waals surface area contributed by atoms with Crippen molar-refractivity contribution in [1.29, 1.82) is 0 Å². The molecule has 8 heteroatoms. The fourth-order valence-electron chi connectivity index (χ4n) is 2.79. The summed E-state index contributed by atoms with van der Waals surface area (Å²) in [6.45, 7) is -0.0470. The first kappa shape index (κ1) is 15.5. The number of amides is 1. The smallest absolute Gasteiger partial charge is 0.242 e. The SMILES string of the molecule is O=C(Cn1ccnn1)N[C@H](c1ccc(F)cc1F)C1CC(O)C1. The van der Waals surface area contributed by atoms with Crippen molar-refractivity contribution < 1.29 is 18.7 Å². The van der Waals surface area contributed by atoms with Gasteiger partial charge in [-0.2, -0.15) is 0 Å². The molecular weight excluding hydrogens is 306 g/mol. The third-order valence-electron chi connectivity index (χ3n) is 4.01. The van der Waals surface area contributed by atoms with E-state index in [0.717, 1.165) is 12.1 Å². The molecule has 23 heavy (non-hydrogen) atoms. The number of hydrogen-bond acceptors (Lipinski definition) is 4. The molecule has 2 aromatic rings. The molecule has 1 fully saturated rings. The number of carbonyl (C=O) groups is 1. The van der Waals surface area contributed by atoms with Crippen molar-refractivity contribution in [3.05, 3.63) is 47.8 Å². The summed E-state index contributed by atoms with van der Waals surface area (Å²) in [4.78, 5) is 12.1. The van der Waals surface area contributed by atoms with E-state index in [1.807, 2.05) is 0 Å². The van der Waals surface area contributed by atoms with Crippen LogP contribution >= 0.6 is 0 Å². The van der Waals surface area contributed by atoms with Crippen LogP contribution in [0.2, 0.25) is 0 Å². The fourth-order valence-corrected chi connectivity index (χ4v) is 2.79. The molecule has 0 bridgehead atoms. The molecule has 1 amide bonds. The number of nitrogens with one attached hydrogen (secondary N) is 1.